The monoisotopic (exact) mass is 334 g/mol. The highest BCUT2D eigenvalue weighted by Crippen LogP contribution is 2.22. The number of rotatable bonds is 7. The van der Waals surface area contributed by atoms with E-state index in [2.05, 4.69) is 22.8 Å². The van der Waals surface area contributed by atoms with Gasteiger partial charge in [0.1, 0.15) is 0 Å². The highest BCUT2D eigenvalue weighted by Gasteiger charge is 2.31. The third-order valence-electron chi connectivity index (χ3n) is 3.50. The molecule has 0 aromatic heterocycles. The standard InChI is InChI=1S/C17H22N2O3S/c1-3-13-15(16(20)22-4-2)14(19-17(21)18-13)11-23-10-12-8-6-5-7-9-12/h5-9,13H,3-4,10-11H2,1-2H3,(H2,18,19,21)/t13-/m0/s1. The topological polar surface area (TPSA) is 67.4 Å². The maximum Gasteiger partial charge on any atom is 0.337 e. The Morgan fingerprint density at radius 1 is 1.22 bits per heavy atom. The fourth-order valence-electron chi connectivity index (χ4n) is 2.42. The number of thioether (sulfide) groups is 1. The molecule has 0 saturated heterocycles. The van der Waals surface area contributed by atoms with Crippen LogP contribution in [-0.4, -0.2) is 30.4 Å². The molecule has 0 saturated carbocycles. The number of esters is 1. The molecule has 2 N–H and O–H groups in total. The summed E-state index contributed by atoms with van der Waals surface area (Å²) in [6.07, 6.45) is 0.647. The Labute approximate surface area is 140 Å². The second-order valence-corrected chi connectivity index (χ2v) is 6.14. The number of ether oxygens (including phenoxy) is 1. The number of hydrogen-bond acceptors (Lipinski definition) is 4. The lowest BCUT2D eigenvalue weighted by Crippen LogP contribution is -2.50. The summed E-state index contributed by atoms with van der Waals surface area (Å²) < 4.78 is 5.15. The summed E-state index contributed by atoms with van der Waals surface area (Å²) in [6.45, 7) is 4.03. The second kappa shape index (κ2) is 8.62. The van der Waals surface area contributed by atoms with Gasteiger partial charge >= 0.3 is 12.0 Å². The molecule has 1 atom stereocenters. The molecule has 6 heteroatoms. The van der Waals surface area contributed by atoms with Gasteiger partial charge in [0.15, 0.2) is 0 Å². The van der Waals surface area contributed by atoms with Crippen LogP contribution in [0.25, 0.3) is 0 Å². The summed E-state index contributed by atoms with van der Waals surface area (Å²) in [5.74, 6) is 1.02. The van der Waals surface area contributed by atoms with Crippen LogP contribution in [0, 0.1) is 0 Å². The van der Waals surface area contributed by atoms with Crippen LogP contribution in [-0.2, 0) is 15.3 Å². The van der Waals surface area contributed by atoms with Gasteiger partial charge in [0.05, 0.1) is 18.2 Å². The van der Waals surface area contributed by atoms with Crippen molar-refractivity contribution in [2.75, 3.05) is 12.4 Å². The summed E-state index contributed by atoms with van der Waals surface area (Å²) in [5, 5.41) is 5.54. The zero-order valence-electron chi connectivity index (χ0n) is 13.4. The van der Waals surface area contributed by atoms with E-state index in [-0.39, 0.29) is 18.0 Å². The van der Waals surface area contributed by atoms with Gasteiger partial charge in [-0.1, -0.05) is 37.3 Å². The minimum atomic E-state index is -0.359. The fraction of sp³-hybridized carbons (Fsp3) is 0.412. The first-order valence-electron chi connectivity index (χ1n) is 7.75. The predicted octanol–water partition coefficient (Wildman–Crippen LogP) is 2.83. The molecule has 23 heavy (non-hydrogen) atoms. The number of urea groups is 1. The van der Waals surface area contributed by atoms with E-state index in [1.54, 1.807) is 18.7 Å². The molecule has 0 aliphatic carbocycles. The Hall–Kier alpha value is -1.95. The molecule has 0 bridgehead atoms. The maximum absolute atomic E-state index is 12.2. The number of amides is 2. The Morgan fingerprint density at radius 3 is 2.61 bits per heavy atom. The number of carbonyl (C=O) groups excluding carboxylic acids is 2. The molecule has 1 aromatic rings. The Bertz CT molecular complexity index is 587. The molecule has 1 aliphatic heterocycles. The summed E-state index contributed by atoms with van der Waals surface area (Å²) in [6, 6.07) is 9.54. The van der Waals surface area contributed by atoms with Gasteiger partial charge in [-0.05, 0) is 18.9 Å². The Balaban J connectivity index is 2.11. The average Bonchev–Trinajstić information content (AvgIpc) is 2.55. The highest BCUT2D eigenvalue weighted by atomic mass is 32.2. The minimum Gasteiger partial charge on any atom is -0.463 e. The van der Waals surface area contributed by atoms with Crippen molar-refractivity contribution in [3.63, 3.8) is 0 Å². The summed E-state index contributed by atoms with van der Waals surface area (Å²) >= 11 is 1.66. The molecule has 2 amide bonds. The van der Waals surface area contributed by atoms with Gasteiger partial charge in [0, 0.05) is 17.2 Å². The zero-order chi connectivity index (χ0) is 16.7. The van der Waals surface area contributed by atoms with E-state index in [4.69, 9.17) is 4.74 Å². The first-order valence-corrected chi connectivity index (χ1v) is 8.90. The lowest BCUT2D eigenvalue weighted by atomic mass is 10.0. The van der Waals surface area contributed by atoms with Crippen LogP contribution in [0.3, 0.4) is 0 Å². The van der Waals surface area contributed by atoms with Crippen LogP contribution in [0.15, 0.2) is 41.6 Å². The average molecular weight is 334 g/mol. The minimum absolute atomic E-state index is 0.264. The van der Waals surface area contributed by atoms with Crippen LogP contribution in [0.5, 0.6) is 0 Å². The molecule has 1 aromatic carbocycles. The normalized spacial score (nSPS) is 17.5. The summed E-state index contributed by atoms with van der Waals surface area (Å²) in [5.41, 5.74) is 2.40. The van der Waals surface area contributed by atoms with E-state index < -0.39 is 0 Å². The quantitative estimate of drug-likeness (QED) is 0.753. The third kappa shape index (κ3) is 4.76. The maximum atomic E-state index is 12.2. The van der Waals surface area contributed by atoms with Crippen LogP contribution < -0.4 is 10.6 Å². The van der Waals surface area contributed by atoms with Crippen molar-refractivity contribution in [3.8, 4) is 0 Å². The van der Waals surface area contributed by atoms with Crippen molar-refractivity contribution in [2.24, 2.45) is 0 Å². The van der Waals surface area contributed by atoms with Crippen molar-refractivity contribution in [1.82, 2.24) is 10.6 Å². The van der Waals surface area contributed by atoms with Gasteiger partial charge in [-0.15, -0.1) is 0 Å². The molecule has 1 aliphatic rings. The van der Waals surface area contributed by atoms with Gasteiger partial charge in [0.2, 0.25) is 0 Å². The Kier molecular flexibility index (Phi) is 6.52. The van der Waals surface area contributed by atoms with Crippen LogP contribution in [0.4, 0.5) is 4.79 Å². The van der Waals surface area contributed by atoms with E-state index in [1.165, 1.54) is 5.56 Å². The lowest BCUT2D eigenvalue weighted by Gasteiger charge is -2.28. The SMILES string of the molecule is CCOC(=O)C1=C(CSCc2ccccc2)NC(=O)N[C@H]1CC. The number of nitrogens with one attached hydrogen (secondary N) is 2. The molecule has 0 radical (unpaired) electrons. The zero-order valence-corrected chi connectivity index (χ0v) is 14.2. The van der Waals surface area contributed by atoms with E-state index in [0.717, 1.165) is 5.75 Å². The van der Waals surface area contributed by atoms with E-state index in [0.29, 0.717) is 30.1 Å². The van der Waals surface area contributed by atoms with Crippen molar-refractivity contribution < 1.29 is 14.3 Å². The predicted molar refractivity (Wildman–Crippen MR) is 92.0 cm³/mol. The van der Waals surface area contributed by atoms with Crippen molar-refractivity contribution in [2.45, 2.75) is 32.1 Å². The van der Waals surface area contributed by atoms with Crippen LogP contribution in [0.1, 0.15) is 25.8 Å². The molecular weight excluding hydrogens is 312 g/mol. The Morgan fingerprint density at radius 2 is 1.96 bits per heavy atom. The van der Waals surface area contributed by atoms with Gasteiger partial charge in [-0.2, -0.15) is 11.8 Å². The lowest BCUT2D eigenvalue weighted by molar-refractivity contribution is -0.139. The van der Waals surface area contributed by atoms with E-state index in [9.17, 15) is 9.59 Å². The second-order valence-electron chi connectivity index (χ2n) is 5.15. The van der Waals surface area contributed by atoms with Crippen molar-refractivity contribution in [1.29, 1.82) is 0 Å². The van der Waals surface area contributed by atoms with Crippen LogP contribution in [0.2, 0.25) is 0 Å². The molecule has 0 fully saturated rings. The number of benzene rings is 1. The first kappa shape index (κ1) is 17.4. The van der Waals surface area contributed by atoms with E-state index >= 15 is 0 Å². The summed E-state index contributed by atoms with van der Waals surface area (Å²) in [7, 11) is 0. The number of hydrogen-bond donors (Lipinski definition) is 2. The van der Waals surface area contributed by atoms with Crippen LogP contribution >= 0.6 is 11.8 Å². The molecule has 0 unspecified atom stereocenters. The van der Waals surface area contributed by atoms with Crippen molar-refractivity contribution >= 4 is 23.8 Å². The molecule has 2 rings (SSSR count). The molecule has 0 spiro atoms. The smallest absolute Gasteiger partial charge is 0.337 e. The van der Waals surface area contributed by atoms with E-state index in [1.807, 2.05) is 25.1 Å². The van der Waals surface area contributed by atoms with Gasteiger partial charge < -0.3 is 15.4 Å². The molecule has 1 heterocycles. The van der Waals surface area contributed by atoms with Gasteiger partial charge in [-0.25, -0.2) is 9.59 Å². The molecule has 5 nitrogen and oxygen atoms in total. The number of carbonyl (C=O) groups is 2. The summed E-state index contributed by atoms with van der Waals surface area (Å²) in [4.78, 5) is 24.0. The third-order valence-corrected chi connectivity index (χ3v) is 4.54. The molecular formula is C17H22N2O3S. The first-order chi connectivity index (χ1) is 11.2. The van der Waals surface area contributed by atoms with Gasteiger partial charge in [0.25, 0.3) is 0 Å². The van der Waals surface area contributed by atoms with Crippen molar-refractivity contribution in [3.05, 3.63) is 47.2 Å². The fourth-order valence-corrected chi connectivity index (χ4v) is 3.38. The highest BCUT2D eigenvalue weighted by molar-refractivity contribution is 7.98. The molecule has 124 valence electrons. The largest absolute Gasteiger partial charge is 0.463 e. The van der Waals surface area contributed by atoms with Gasteiger partial charge in [-0.3, -0.25) is 0 Å².